The highest BCUT2D eigenvalue weighted by Gasteiger charge is 2.25. The molecule has 2 N–H and O–H groups in total. The minimum atomic E-state index is -0.227. The summed E-state index contributed by atoms with van der Waals surface area (Å²) in [6.07, 6.45) is 6.60. The van der Waals surface area contributed by atoms with Gasteiger partial charge in [-0.15, -0.1) is 24.0 Å². The van der Waals surface area contributed by atoms with Crippen molar-refractivity contribution in [2.24, 2.45) is 12.0 Å². The maximum absolute atomic E-state index is 13.3. The predicted octanol–water partition coefficient (Wildman–Crippen LogP) is 2.85. The minimum Gasteiger partial charge on any atom is -0.370 e. The first-order valence-electron chi connectivity index (χ1n) is 9.45. The van der Waals surface area contributed by atoms with E-state index in [0.717, 1.165) is 54.0 Å². The van der Waals surface area contributed by atoms with E-state index in [1.165, 1.54) is 12.1 Å². The van der Waals surface area contributed by atoms with Crippen molar-refractivity contribution in [1.82, 2.24) is 25.0 Å². The number of aromatic amines is 1. The Morgan fingerprint density at radius 2 is 2.31 bits per heavy atom. The van der Waals surface area contributed by atoms with E-state index in [1.54, 1.807) is 11.7 Å². The molecule has 1 saturated heterocycles. The number of hydrogen-bond acceptors (Lipinski definition) is 3. The second-order valence-corrected chi connectivity index (χ2v) is 6.98. The lowest BCUT2D eigenvalue weighted by Crippen LogP contribution is -2.48. The lowest BCUT2D eigenvalue weighted by Gasteiger charge is -2.34. The monoisotopic (exact) mass is 512 g/mol. The van der Waals surface area contributed by atoms with Crippen molar-refractivity contribution in [3.8, 4) is 0 Å². The maximum atomic E-state index is 13.3. The van der Waals surface area contributed by atoms with Crippen LogP contribution < -0.4 is 5.32 Å². The largest absolute Gasteiger partial charge is 0.370 e. The van der Waals surface area contributed by atoms with Gasteiger partial charge in [0.2, 0.25) is 0 Å². The van der Waals surface area contributed by atoms with Gasteiger partial charge in [-0.3, -0.25) is 9.67 Å². The van der Waals surface area contributed by atoms with Crippen LogP contribution in [0, 0.1) is 5.82 Å². The molecule has 1 aromatic carbocycles. The molecule has 0 spiro atoms. The van der Waals surface area contributed by atoms with Crippen LogP contribution in [0.15, 0.2) is 41.8 Å². The average Bonchev–Trinajstić information content (AvgIpc) is 3.31. The van der Waals surface area contributed by atoms with Gasteiger partial charge in [-0.05, 0) is 30.2 Å². The number of guanidine groups is 1. The number of aryl methyl sites for hydroxylation is 1. The maximum Gasteiger partial charge on any atom is 0.193 e. The van der Waals surface area contributed by atoms with Crippen molar-refractivity contribution in [3.63, 3.8) is 0 Å². The van der Waals surface area contributed by atoms with E-state index in [1.807, 2.05) is 31.7 Å². The third-order valence-corrected chi connectivity index (χ3v) is 5.08. The zero-order valence-corrected chi connectivity index (χ0v) is 18.9. The fraction of sp³-hybridized carbons (Fsp3) is 0.400. The lowest BCUT2D eigenvalue weighted by atomic mass is 10.1. The van der Waals surface area contributed by atoms with Gasteiger partial charge >= 0.3 is 0 Å². The van der Waals surface area contributed by atoms with Gasteiger partial charge < -0.3 is 19.9 Å². The fourth-order valence-electron chi connectivity index (χ4n) is 3.66. The summed E-state index contributed by atoms with van der Waals surface area (Å²) in [6, 6.07) is 4.85. The highest BCUT2D eigenvalue weighted by Crippen LogP contribution is 2.22. The van der Waals surface area contributed by atoms with Gasteiger partial charge in [0, 0.05) is 56.0 Å². The van der Waals surface area contributed by atoms with Crippen LogP contribution in [0.4, 0.5) is 4.39 Å². The summed E-state index contributed by atoms with van der Waals surface area (Å²) >= 11 is 0. The Morgan fingerprint density at radius 3 is 3.07 bits per heavy atom. The third-order valence-electron chi connectivity index (χ3n) is 5.08. The Morgan fingerprint density at radius 1 is 1.45 bits per heavy atom. The molecule has 1 unspecified atom stereocenters. The number of aromatic nitrogens is 3. The molecule has 1 atom stereocenters. The standard InChI is InChI=1S/C20H25FN6O.HI/c1-22-20(27-7-8-28-19(13-27)15-11-25-26(2)12-15)23-6-5-14-10-24-18-9-16(21)3-4-17(14)18;/h3-4,9-12,19,24H,5-8,13H2,1-2H3,(H,22,23);1H. The van der Waals surface area contributed by atoms with E-state index in [4.69, 9.17) is 4.74 Å². The number of ether oxygens (including phenoxy) is 1. The van der Waals surface area contributed by atoms with E-state index >= 15 is 0 Å². The molecule has 1 fully saturated rings. The second kappa shape index (κ2) is 9.57. The van der Waals surface area contributed by atoms with Gasteiger partial charge in [-0.2, -0.15) is 5.10 Å². The molecule has 2 aromatic heterocycles. The number of aliphatic imine (C=N–C) groups is 1. The summed E-state index contributed by atoms with van der Waals surface area (Å²) in [6.45, 7) is 2.92. The summed E-state index contributed by atoms with van der Waals surface area (Å²) in [5.41, 5.74) is 3.06. The molecule has 0 amide bonds. The number of morpholine rings is 1. The van der Waals surface area contributed by atoms with Crippen LogP contribution >= 0.6 is 24.0 Å². The van der Waals surface area contributed by atoms with E-state index in [9.17, 15) is 4.39 Å². The summed E-state index contributed by atoms with van der Waals surface area (Å²) in [7, 11) is 3.70. The summed E-state index contributed by atoms with van der Waals surface area (Å²) in [5.74, 6) is 0.637. The van der Waals surface area contributed by atoms with Crippen molar-refractivity contribution in [2.45, 2.75) is 12.5 Å². The van der Waals surface area contributed by atoms with Gasteiger partial charge in [-0.25, -0.2) is 4.39 Å². The van der Waals surface area contributed by atoms with E-state index in [0.29, 0.717) is 6.61 Å². The van der Waals surface area contributed by atoms with E-state index in [-0.39, 0.29) is 35.9 Å². The molecule has 3 aromatic rings. The van der Waals surface area contributed by atoms with Gasteiger partial charge in [0.15, 0.2) is 5.96 Å². The number of nitrogens with zero attached hydrogens (tertiary/aromatic N) is 4. The molecule has 0 saturated carbocycles. The third kappa shape index (κ3) is 4.89. The molecule has 1 aliphatic rings. The van der Waals surface area contributed by atoms with Crippen LogP contribution in [0.2, 0.25) is 0 Å². The number of fused-ring (bicyclic) bond motifs is 1. The Balaban J connectivity index is 0.00000240. The number of rotatable bonds is 4. The van der Waals surface area contributed by atoms with Crippen LogP contribution in [0.25, 0.3) is 10.9 Å². The Kier molecular flexibility index (Phi) is 7.12. The average molecular weight is 512 g/mol. The number of halogens is 2. The molecule has 0 bridgehead atoms. The van der Waals surface area contributed by atoms with E-state index < -0.39 is 0 Å². The Labute approximate surface area is 186 Å². The summed E-state index contributed by atoms with van der Waals surface area (Å²) in [5, 5.41) is 8.74. The molecule has 156 valence electrons. The quantitative estimate of drug-likeness (QED) is 0.321. The number of nitrogens with one attached hydrogen (secondary N) is 2. The number of hydrogen-bond donors (Lipinski definition) is 2. The smallest absolute Gasteiger partial charge is 0.193 e. The normalized spacial score (nSPS) is 17.4. The molecular formula is C20H26FIN6O. The molecule has 9 heteroatoms. The zero-order chi connectivity index (χ0) is 19.5. The van der Waals surface area contributed by atoms with Crippen molar-refractivity contribution >= 4 is 40.8 Å². The summed E-state index contributed by atoms with van der Waals surface area (Å²) in [4.78, 5) is 9.79. The highest BCUT2D eigenvalue weighted by atomic mass is 127. The number of H-pyrrole nitrogens is 1. The topological polar surface area (TPSA) is 70.5 Å². The second-order valence-electron chi connectivity index (χ2n) is 6.98. The number of benzene rings is 1. The SMILES string of the molecule is CN=C(NCCc1c[nH]c2cc(F)ccc12)N1CCOC(c2cnn(C)c2)C1.I. The fourth-order valence-corrected chi connectivity index (χ4v) is 3.66. The molecule has 4 rings (SSSR count). The predicted molar refractivity (Wildman–Crippen MR) is 122 cm³/mol. The molecule has 7 nitrogen and oxygen atoms in total. The highest BCUT2D eigenvalue weighted by molar-refractivity contribution is 14.0. The van der Waals surface area contributed by atoms with Crippen LogP contribution in [0.3, 0.4) is 0 Å². The first kappa shape index (κ1) is 21.6. The summed E-state index contributed by atoms with van der Waals surface area (Å²) < 4.78 is 21.0. The molecule has 29 heavy (non-hydrogen) atoms. The van der Waals surface area contributed by atoms with Gasteiger partial charge in [-0.1, -0.05) is 0 Å². The zero-order valence-electron chi connectivity index (χ0n) is 16.6. The molecular weight excluding hydrogens is 486 g/mol. The van der Waals surface area contributed by atoms with Gasteiger partial charge in [0.1, 0.15) is 11.9 Å². The lowest BCUT2D eigenvalue weighted by molar-refractivity contribution is -0.00800. The minimum absolute atomic E-state index is 0. The van der Waals surface area contributed by atoms with Crippen LogP contribution in [-0.2, 0) is 18.2 Å². The molecule has 1 aliphatic heterocycles. The molecule has 0 aliphatic carbocycles. The first-order valence-corrected chi connectivity index (χ1v) is 9.45. The molecule has 0 radical (unpaired) electrons. The van der Waals surface area contributed by atoms with Crippen molar-refractivity contribution in [3.05, 3.63) is 53.7 Å². The Hall–Kier alpha value is -2.14. The van der Waals surface area contributed by atoms with E-state index in [2.05, 4.69) is 25.3 Å². The molecule has 3 heterocycles. The van der Waals surface area contributed by atoms with Crippen LogP contribution in [0.1, 0.15) is 17.2 Å². The Bertz CT molecular complexity index is 984. The van der Waals surface area contributed by atoms with Crippen LogP contribution in [0.5, 0.6) is 0 Å². The van der Waals surface area contributed by atoms with Crippen LogP contribution in [-0.4, -0.2) is 58.9 Å². The van der Waals surface area contributed by atoms with Gasteiger partial charge in [0.05, 0.1) is 19.3 Å². The van der Waals surface area contributed by atoms with Gasteiger partial charge in [0.25, 0.3) is 0 Å². The van der Waals surface area contributed by atoms with Crippen molar-refractivity contribution < 1.29 is 9.13 Å². The first-order chi connectivity index (χ1) is 13.6. The van der Waals surface area contributed by atoms with Crippen molar-refractivity contribution in [2.75, 3.05) is 33.3 Å². The van der Waals surface area contributed by atoms with Crippen molar-refractivity contribution in [1.29, 1.82) is 0 Å².